The zero-order valence-electron chi connectivity index (χ0n) is 16.1. The summed E-state index contributed by atoms with van der Waals surface area (Å²) < 4.78 is 4.98. The molecule has 1 aromatic rings. The zero-order valence-corrected chi connectivity index (χ0v) is 18.5. The van der Waals surface area contributed by atoms with Crippen molar-refractivity contribution in [2.24, 2.45) is 5.41 Å². The number of alkyl halides is 1. The van der Waals surface area contributed by atoms with Crippen molar-refractivity contribution < 1.29 is 9.53 Å². The molecule has 0 saturated heterocycles. The van der Waals surface area contributed by atoms with Gasteiger partial charge in [-0.3, -0.25) is 4.79 Å². The van der Waals surface area contributed by atoms with Crippen LogP contribution in [0.3, 0.4) is 0 Å². The summed E-state index contributed by atoms with van der Waals surface area (Å²) in [6, 6.07) is 8.95. The van der Waals surface area contributed by atoms with Crippen LogP contribution in [0, 0.1) is 5.41 Å². The highest BCUT2D eigenvalue weighted by Gasteiger charge is 2.19. The molecule has 0 aromatic heterocycles. The lowest BCUT2D eigenvalue weighted by Gasteiger charge is -2.24. The standard InChI is InChI=1S/C21H33BrO2S/c1-5-9-17-10-7-11-18(14-17)19(22)12-8-13-21(3,4)16-25-15-20(23)24-6-2/h7,10-11,14,19H,5-6,8-9,12-13,15-16H2,1-4H3. The van der Waals surface area contributed by atoms with Crippen LogP contribution in [0.4, 0.5) is 0 Å². The van der Waals surface area contributed by atoms with Crippen LogP contribution in [0.1, 0.15) is 69.3 Å². The molecule has 0 aliphatic heterocycles. The van der Waals surface area contributed by atoms with E-state index in [1.165, 1.54) is 30.4 Å². The first kappa shape index (κ1) is 22.6. The molecule has 0 aliphatic carbocycles. The fraction of sp³-hybridized carbons (Fsp3) is 0.667. The topological polar surface area (TPSA) is 26.3 Å². The van der Waals surface area contributed by atoms with E-state index in [2.05, 4.69) is 61.0 Å². The molecule has 1 unspecified atom stereocenters. The Balaban J connectivity index is 2.34. The summed E-state index contributed by atoms with van der Waals surface area (Å²) in [4.78, 5) is 11.8. The lowest BCUT2D eigenvalue weighted by molar-refractivity contribution is -0.139. The summed E-state index contributed by atoms with van der Waals surface area (Å²) in [5.41, 5.74) is 3.06. The van der Waals surface area contributed by atoms with E-state index in [4.69, 9.17) is 4.74 Å². The Morgan fingerprint density at radius 2 is 2.08 bits per heavy atom. The Kier molecular flexibility index (Phi) is 10.8. The van der Waals surface area contributed by atoms with Gasteiger partial charge in [-0.05, 0) is 48.5 Å². The molecule has 1 aromatic carbocycles. The molecule has 0 fully saturated rings. The number of thioether (sulfide) groups is 1. The second-order valence-electron chi connectivity index (χ2n) is 7.32. The fourth-order valence-electron chi connectivity index (χ4n) is 2.84. The van der Waals surface area contributed by atoms with Gasteiger partial charge in [0.2, 0.25) is 0 Å². The molecule has 142 valence electrons. The Morgan fingerprint density at radius 3 is 2.76 bits per heavy atom. The number of hydrogen-bond acceptors (Lipinski definition) is 3. The highest BCUT2D eigenvalue weighted by molar-refractivity contribution is 9.09. The minimum absolute atomic E-state index is 0.101. The van der Waals surface area contributed by atoms with Crippen molar-refractivity contribution in [1.82, 2.24) is 0 Å². The van der Waals surface area contributed by atoms with Gasteiger partial charge in [-0.25, -0.2) is 0 Å². The Bertz CT molecular complexity index is 516. The SMILES string of the molecule is CCCc1cccc(C(Br)CCCC(C)(C)CSCC(=O)OCC)c1. The van der Waals surface area contributed by atoms with Gasteiger partial charge in [-0.2, -0.15) is 0 Å². The van der Waals surface area contributed by atoms with Crippen LogP contribution in [0.2, 0.25) is 0 Å². The largest absolute Gasteiger partial charge is 0.465 e. The third-order valence-corrected chi connectivity index (χ3v) is 6.59. The van der Waals surface area contributed by atoms with E-state index in [0.717, 1.165) is 18.6 Å². The number of carbonyl (C=O) groups excluding carboxylic acids is 1. The van der Waals surface area contributed by atoms with Gasteiger partial charge in [0, 0.05) is 4.83 Å². The van der Waals surface area contributed by atoms with Crippen molar-refractivity contribution in [2.45, 2.75) is 64.6 Å². The molecule has 0 heterocycles. The van der Waals surface area contributed by atoms with E-state index in [9.17, 15) is 4.79 Å². The molecule has 2 nitrogen and oxygen atoms in total. The maximum Gasteiger partial charge on any atom is 0.315 e. The summed E-state index contributed by atoms with van der Waals surface area (Å²) in [6.45, 7) is 9.11. The van der Waals surface area contributed by atoms with Gasteiger partial charge in [0.25, 0.3) is 0 Å². The Labute approximate surface area is 166 Å². The number of esters is 1. The van der Waals surface area contributed by atoms with Gasteiger partial charge in [0.15, 0.2) is 0 Å². The predicted octanol–water partition coefficient (Wildman–Crippen LogP) is 6.57. The molecule has 0 radical (unpaired) electrons. The van der Waals surface area contributed by atoms with E-state index in [1.54, 1.807) is 11.8 Å². The highest BCUT2D eigenvalue weighted by atomic mass is 79.9. The van der Waals surface area contributed by atoms with E-state index < -0.39 is 0 Å². The molecule has 0 aliphatic rings. The minimum atomic E-state index is -0.101. The second kappa shape index (κ2) is 12.0. The lowest BCUT2D eigenvalue weighted by Crippen LogP contribution is -2.17. The van der Waals surface area contributed by atoms with Gasteiger partial charge >= 0.3 is 5.97 Å². The highest BCUT2D eigenvalue weighted by Crippen LogP contribution is 2.33. The molecule has 4 heteroatoms. The molecule has 0 spiro atoms. The first-order valence-electron chi connectivity index (χ1n) is 9.34. The van der Waals surface area contributed by atoms with Crippen molar-refractivity contribution in [3.63, 3.8) is 0 Å². The molecule has 0 amide bonds. The van der Waals surface area contributed by atoms with Gasteiger partial charge in [0.1, 0.15) is 0 Å². The maximum atomic E-state index is 11.4. The number of ether oxygens (including phenoxy) is 1. The second-order valence-corrected chi connectivity index (χ2v) is 9.41. The molecule has 1 atom stereocenters. The fourth-order valence-corrected chi connectivity index (χ4v) is 4.50. The smallest absolute Gasteiger partial charge is 0.315 e. The maximum absolute atomic E-state index is 11.4. The number of benzene rings is 1. The molecule has 0 saturated carbocycles. The molecule has 0 N–H and O–H groups in total. The number of aryl methyl sites for hydroxylation is 1. The van der Waals surface area contributed by atoms with Crippen LogP contribution in [0.25, 0.3) is 0 Å². The average Bonchev–Trinajstić information content (AvgIpc) is 2.55. The predicted molar refractivity (Wildman–Crippen MR) is 114 cm³/mol. The molecular formula is C21H33BrO2S. The van der Waals surface area contributed by atoms with Gasteiger partial charge in [0.05, 0.1) is 12.4 Å². The quantitative estimate of drug-likeness (QED) is 0.278. The van der Waals surface area contributed by atoms with Crippen molar-refractivity contribution in [2.75, 3.05) is 18.1 Å². The van der Waals surface area contributed by atoms with E-state index in [-0.39, 0.29) is 11.4 Å². The Hall–Kier alpha value is -0.480. The molecule has 0 bridgehead atoms. The van der Waals surface area contributed by atoms with Crippen LogP contribution >= 0.6 is 27.7 Å². The van der Waals surface area contributed by atoms with Crippen molar-refractivity contribution in [1.29, 1.82) is 0 Å². The normalized spacial score (nSPS) is 12.8. The van der Waals surface area contributed by atoms with Crippen LogP contribution in [-0.4, -0.2) is 24.1 Å². The molecule has 25 heavy (non-hydrogen) atoms. The molecular weight excluding hydrogens is 396 g/mol. The summed E-state index contributed by atoms with van der Waals surface area (Å²) in [5.74, 6) is 1.35. The number of rotatable bonds is 12. The average molecular weight is 429 g/mol. The summed E-state index contributed by atoms with van der Waals surface area (Å²) >= 11 is 5.55. The summed E-state index contributed by atoms with van der Waals surface area (Å²) in [5, 5.41) is 0. The van der Waals surface area contributed by atoms with Crippen molar-refractivity contribution >= 4 is 33.7 Å². The number of hydrogen-bond donors (Lipinski definition) is 0. The molecule has 1 rings (SSSR count). The van der Waals surface area contributed by atoms with Gasteiger partial charge in [-0.15, -0.1) is 11.8 Å². The zero-order chi connectivity index (χ0) is 18.7. The van der Waals surface area contributed by atoms with E-state index in [0.29, 0.717) is 17.2 Å². The first-order chi connectivity index (χ1) is 11.9. The van der Waals surface area contributed by atoms with Gasteiger partial charge in [-0.1, -0.05) is 73.8 Å². The summed E-state index contributed by atoms with van der Waals surface area (Å²) in [6.07, 6.45) is 5.83. The van der Waals surface area contributed by atoms with Crippen LogP contribution in [-0.2, 0) is 16.0 Å². The van der Waals surface area contributed by atoms with Crippen LogP contribution in [0.15, 0.2) is 24.3 Å². The third kappa shape index (κ3) is 9.69. The minimum Gasteiger partial charge on any atom is -0.465 e. The monoisotopic (exact) mass is 428 g/mol. The first-order valence-corrected chi connectivity index (χ1v) is 11.4. The number of carbonyl (C=O) groups is 1. The third-order valence-electron chi connectivity index (χ3n) is 4.18. The van der Waals surface area contributed by atoms with Crippen molar-refractivity contribution in [3.8, 4) is 0 Å². The van der Waals surface area contributed by atoms with Crippen LogP contribution in [0.5, 0.6) is 0 Å². The Morgan fingerprint density at radius 1 is 1.32 bits per heavy atom. The van der Waals surface area contributed by atoms with E-state index >= 15 is 0 Å². The van der Waals surface area contributed by atoms with Crippen molar-refractivity contribution in [3.05, 3.63) is 35.4 Å². The number of halogens is 1. The summed E-state index contributed by atoms with van der Waals surface area (Å²) in [7, 11) is 0. The van der Waals surface area contributed by atoms with E-state index in [1.807, 2.05) is 6.92 Å². The van der Waals surface area contributed by atoms with Gasteiger partial charge < -0.3 is 4.74 Å². The lowest BCUT2D eigenvalue weighted by atomic mass is 9.88. The van der Waals surface area contributed by atoms with Crippen LogP contribution < -0.4 is 0 Å².